The lowest BCUT2D eigenvalue weighted by atomic mass is 10.3. The number of ether oxygens (including phenoxy) is 1. The maximum absolute atomic E-state index is 8.89. The third kappa shape index (κ3) is 3.07. The van der Waals surface area contributed by atoms with E-state index < -0.39 is 0 Å². The Hall–Kier alpha value is -1.12. The van der Waals surface area contributed by atoms with Crippen LogP contribution >= 0.6 is 46.4 Å². The SMILES string of the molecule is N#Cc1nc(Cl)c(Cl)n1COc1ccc(Cl)cc1Cl. The Morgan fingerprint density at radius 1 is 1.26 bits per heavy atom. The summed E-state index contributed by atoms with van der Waals surface area (Å²) in [4.78, 5) is 3.78. The highest BCUT2D eigenvalue weighted by Gasteiger charge is 2.14. The van der Waals surface area contributed by atoms with Crippen LogP contribution in [0.25, 0.3) is 0 Å². The lowest BCUT2D eigenvalue weighted by molar-refractivity contribution is 0.235. The molecule has 0 saturated heterocycles. The van der Waals surface area contributed by atoms with Crippen LogP contribution in [-0.2, 0) is 6.73 Å². The van der Waals surface area contributed by atoms with Crippen LogP contribution in [0.2, 0.25) is 20.4 Å². The van der Waals surface area contributed by atoms with Gasteiger partial charge in [0.1, 0.15) is 11.8 Å². The molecule has 0 bridgehead atoms. The molecule has 1 heterocycles. The lowest BCUT2D eigenvalue weighted by Gasteiger charge is -2.10. The minimum Gasteiger partial charge on any atom is -0.471 e. The molecule has 1 aromatic heterocycles. The molecule has 0 aliphatic carbocycles. The first-order valence-electron chi connectivity index (χ1n) is 4.92. The lowest BCUT2D eigenvalue weighted by Crippen LogP contribution is -2.07. The first-order valence-corrected chi connectivity index (χ1v) is 6.43. The van der Waals surface area contributed by atoms with Crippen molar-refractivity contribution < 1.29 is 4.74 Å². The Morgan fingerprint density at radius 3 is 2.63 bits per heavy atom. The summed E-state index contributed by atoms with van der Waals surface area (Å²) in [5.41, 5.74) is 0. The van der Waals surface area contributed by atoms with Crippen LogP contribution in [0.3, 0.4) is 0 Å². The van der Waals surface area contributed by atoms with Gasteiger partial charge in [0.05, 0.1) is 5.02 Å². The standard InChI is InChI=1S/C11H5Cl4N3O/c12-6-1-2-8(7(13)3-6)19-5-18-9(4-16)17-10(14)11(18)15/h1-3H,5H2. The first-order chi connectivity index (χ1) is 9.02. The number of halogens is 4. The Kier molecular flexibility index (Phi) is 4.43. The van der Waals surface area contributed by atoms with E-state index in [1.807, 2.05) is 6.07 Å². The van der Waals surface area contributed by atoms with E-state index in [4.69, 9.17) is 56.4 Å². The van der Waals surface area contributed by atoms with Crippen molar-refractivity contribution in [2.24, 2.45) is 0 Å². The summed E-state index contributed by atoms with van der Waals surface area (Å²) in [7, 11) is 0. The van der Waals surface area contributed by atoms with Crippen molar-refractivity contribution in [3.05, 3.63) is 44.4 Å². The molecule has 98 valence electrons. The van der Waals surface area contributed by atoms with E-state index in [0.717, 1.165) is 0 Å². The number of nitrogens with zero attached hydrogens (tertiary/aromatic N) is 3. The summed E-state index contributed by atoms with van der Waals surface area (Å²) in [5.74, 6) is 0.468. The van der Waals surface area contributed by atoms with E-state index in [2.05, 4.69) is 4.98 Å². The fourth-order valence-electron chi connectivity index (χ4n) is 1.33. The Bertz CT molecular complexity index is 663. The Balaban J connectivity index is 2.22. The third-order valence-corrected chi connectivity index (χ3v) is 3.48. The zero-order valence-corrected chi connectivity index (χ0v) is 12.2. The summed E-state index contributed by atoms with van der Waals surface area (Å²) < 4.78 is 6.78. The average molecular weight is 337 g/mol. The summed E-state index contributed by atoms with van der Waals surface area (Å²) in [6.07, 6.45) is 0. The Labute approximate surface area is 129 Å². The minimum absolute atomic E-state index is 0.0389. The molecule has 0 N–H and O–H groups in total. The molecule has 0 fully saturated rings. The summed E-state index contributed by atoms with van der Waals surface area (Å²) in [6, 6.07) is 6.66. The second-order valence-corrected chi connectivity index (χ2v) is 4.96. The number of hydrogen-bond acceptors (Lipinski definition) is 3. The molecule has 8 heteroatoms. The van der Waals surface area contributed by atoms with Gasteiger partial charge in [0.15, 0.2) is 17.0 Å². The number of rotatable bonds is 3. The number of hydrogen-bond donors (Lipinski definition) is 0. The van der Waals surface area contributed by atoms with Gasteiger partial charge in [-0.25, -0.2) is 4.98 Å². The van der Waals surface area contributed by atoms with Gasteiger partial charge >= 0.3 is 0 Å². The molecule has 2 rings (SSSR count). The maximum Gasteiger partial charge on any atom is 0.218 e. The number of benzene rings is 1. The molecule has 2 aromatic rings. The van der Waals surface area contributed by atoms with Crippen LogP contribution < -0.4 is 4.74 Å². The fourth-order valence-corrected chi connectivity index (χ4v) is 2.15. The van der Waals surface area contributed by atoms with Crippen LogP contribution in [0.15, 0.2) is 18.2 Å². The fraction of sp³-hybridized carbons (Fsp3) is 0.0909. The molecule has 0 spiro atoms. The number of aromatic nitrogens is 2. The van der Waals surface area contributed by atoms with Crippen molar-refractivity contribution >= 4 is 46.4 Å². The maximum atomic E-state index is 8.89. The van der Waals surface area contributed by atoms with Crippen LogP contribution in [0.4, 0.5) is 0 Å². The normalized spacial score (nSPS) is 10.3. The highest BCUT2D eigenvalue weighted by Crippen LogP contribution is 2.29. The van der Waals surface area contributed by atoms with Crippen molar-refractivity contribution in [3.8, 4) is 11.8 Å². The van der Waals surface area contributed by atoms with Gasteiger partial charge in [-0.05, 0) is 18.2 Å². The largest absolute Gasteiger partial charge is 0.471 e. The van der Waals surface area contributed by atoms with Gasteiger partial charge in [-0.2, -0.15) is 5.26 Å². The molecular formula is C11H5Cl4N3O. The highest BCUT2D eigenvalue weighted by atomic mass is 35.5. The zero-order valence-electron chi connectivity index (χ0n) is 9.20. The van der Waals surface area contributed by atoms with Crippen LogP contribution in [0.1, 0.15) is 5.82 Å². The van der Waals surface area contributed by atoms with Gasteiger partial charge in [-0.15, -0.1) is 0 Å². The Morgan fingerprint density at radius 2 is 2.00 bits per heavy atom. The van der Waals surface area contributed by atoms with Crippen LogP contribution in [0.5, 0.6) is 5.75 Å². The quantitative estimate of drug-likeness (QED) is 0.834. The predicted octanol–water partition coefficient (Wildman–Crippen LogP) is 4.40. The topological polar surface area (TPSA) is 50.8 Å². The van der Waals surface area contributed by atoms with Gasteiger partial charge < -0.3 is 4.74 Å². The van der Waals surface area contributed by atoms with Gasteiger partial charge in [0.25, 0.3) is 0 Å². The molecular weight excluding hydrogens is 332 g/mol. The number of imidazole rings is 1. The van der Waals surface area contributed by atoms with Crippen molar-refractivity contribution in [3.63, 3.8) is 0 Å². The summed E-state index contributed by atoms with van der Waals surface area (Å²) in [5, 5.41) is 9.92. The highest BCUT2D eigenvalue weighted by molar-refractivity contribution is 6.40. The molecule has 0 saturated carbocycles. The second-order valence-electron chi connectivity index (χ2n) is 3.41. The molecule has 1 aromatic carbocycles. The van der Waals surface area contributed by atoms with E-state index >= 15 is 0 Å². The number of nitriles is 1. The van der Waals surface area contributed by atoms with Gasteiger partial charge in [0, 0.05) is 5.02 Å². The van der Waals surface area contributed by atoms with Crippen molar-refractivity contribution in [1.29, 1.82) is 5.26 Å². The minimum atomic E-state index is -0.0389. The van der Waals surface area contributed by atoms with E-state index in [-0.39, 0.29) is 22.9 Å². The van der Waals surface area contributed by atoms with Crippen molar-refractivity contribution in [2.75, 3.05) is 0 Å². The summed E-state index contributed by atoms with van der Waals surface area (Å²) >= 11 is 23.4. The molecule has 0 atom stereocenters. The second kappa shape index (κ2) is 5.89. The molecule has 0 aliphatic rings. The molecule has 4 nitrogen and oxygen atoms in total. The predicted molar refractivity (Wildman–Crippen MR) is 74.1 cm³/mol. The van der Waals surface area contributed by atoms with Crippen molar-refractivity contribution in [2.45, 2.75) is 6.73 Å². The molecule has 19 heavy (non-hydrogen) atoms. The van der Waals surface area contributed by atoms with Gasteiger partial charge in [-0.3, -0.25) is 4.57 Å². The van der Waals surface area contributed by atoms with E-state index in [1.54, 1.807) is 18.2 Å². The zero-order chi connectivity index (χ0) is 14.0. The first kappa shape index (κ1) is 14.3. The monoisotopic (exact) mass is 335 g/mol. The average Bonchev–Trinajstić information content (AvgIpc) is 2.65. The van der Waals surface area contributed by atoms with Gasteiger partial charge in [-0.1, -0.05) is 46.4 Å². The van der Waals surface area contributed by atoms with Gasteiger partial charge in [0.2, 0.25) is 5.82 Å². The van der Waals surface area contributed by atoms with Crippen LogP contribution in [-0.4, -0.2) is 9.55 Å². The van der Waals surface area contributed by atoms with Crippen molar-refractivity contribution in [1.82, 2.24) is 9.55 Å². The molecule has 0 amide bonds. The van der Waals surface area contributed by atoms with E-state index in [0.29, 0.717) is 15.8 Å². The van der Waals surface area contributed by atoms with E-state index in [1.165, 1.54) is 4.57 Å². The van der Waals surface area contributed by atoms with E-state index in [9.17, 15) is 0 Å². The summed E-state index contributed by atoms with van der Waals surface area (Å²) in [6.45, 7) is -0.0389. The molecule has 0 aliphatic heterocycles. The smallest absolute Gasteiger partial charge is 0.218 e. The van der Waals surface area contributed by atoms with Crippen LogP contribution in [0, 0.1) is 11.3 Å². The third-order valence-electron chi connectivity index (χ3n) is 2.21. The molecule has 0 unspecified atom stereocenters. The molecule has 0 radical (unpaired) electrons.